The van der Waals surface area contributed by atoms with E-state index in [9.17, 15) is 4.79 Å². The van der Waals surface area contributed by atoms with Gasteiger partial charge >= 0.3 is 0 Å². The van der Waals surface area contributed by atoms with Crippen LogP contribution in [0.3, 0.4) is 0 Å². The average Bonchev–Trinajstić information content (AvgIpc) is 2.46. The molecule has 0 aromatic heterocycles. The lowest BCUT2D eigenvalue weighted by Gasteiger charge is -2.27. The molecule has 110 valence electrons. The van der Waals surface area contributed by atoms with E-state index in [-0.39, 0.29) is 5.91 Å². The fourth-order valence-corrected chi connectivity index (χ4v) is 2.68. The van der Waals surface area contributed by atoms with E-state index in [1.165, 1.54) is 11.1 Å². The highest BCUT2D eigenvalue weighted by Gasteiger charge is 2.19. The van der Waals surface area contributed by atoms with Crippen LogP contribution in [-0.4, -0.2) is 37.1 Å². The summed E-state index contributed by atoms with van der Waals surface area (Å²) in [4.78, 5) is 14.4. The van der Waals surface area contributed by atoms with Gasteiger partial charge in [0.25, 0.3) is 5.91 Å². The first kappa shape index (κ1) is 15.0. The van der Waals surface area contributed by atoms with Crippen LogP contribution in [0.1, 0.15) is 42.3 Å². The Kier molecular flexibility index (Phi) is 5.18. The third-order valence-corrected chi connectivity index (χ3v) is 3.76. The Bertz CT molecular complexity index is 462. The summed E-state index contributed by atoms with van der Waals surface area (Å²) >= 11 is 0. The molecule has 1 amide bonds. The van der Waals surface area contributed by atoms with Crippen LogP contribution in [-0.2, 0) is 17.6 Å². The van der Waals surface area contributed by atoms with Gasteiger partial charge < -0.3 is 9.64 Å². The minimum Gasteiger partial charge on any atom is -0.378 e. The van der Waals surface area contributed by atoms with Crippen LogP contribution in [0.4, 0.5) is 0 Å². The second kappa shape index (κ2) is 6.89. The van der Waals surface area contributed by atoms with Crippen LogP contribution >= 0.6 is 0 Å². The summed E-state index contributed by atoms with van der Waals surface area (Å²) in [7, 11) is 0. The van der Waals surface area contributed by atoms with Crippen LogP contribution in [0.5, 0.6) is 0 Å². The lowest BCUT2D eigenvalue weighted by Crippen LogP contribution is -2.40. The SMILES string of the molecule is CCc1ccc(C(=O)N2CCOCC2)cc1CC(C)C. The number of rotatable bonds is 4. The van der Waals surface area contributed by atoms with Crippen LogP contribution in [0.15, 0.2) is 18.2 Å². The molecule has 0 spiro atoms. The fraction of sp³-hybridized carbons (Fsp3) is 0.588. The zero-order valence-corrected chi connectivity index (χ0v) is 12.8. The Morgan fingerprint density at radius 3 is 2.55 bits per heavy atom. The first-order valence-corrected chi connectivity index (χ1v) is 7.60. The van der Waals surface area contributed by atoms with Crippen molar-refractivity contribution >= 4 is 5.91 Å². The maximum Gasteiger partial charge on any atom is 0.254 e. The Morgan fingerprint density at radius 1 is 1.25 bits per heavy atom. The molecule has 0 radical (unpaired) electrons. The first-order chi connectivity index (χ1) is 9.61. The van der Waals surface area contributed by atoms with E-state index in [2.05, 4.69) is 32.9 Å². The molecule has 3 heteroatoms. The summed E-state index contributed by atoms with van der Waals surface area (Å²) in [6.07, 6.45) is 2.06. The fourth-order valence-electron chi connectivity index (χ4n) is 2.68. The number of nitrogens with zero attached hydrogens (tertiary/aromatic N) is 1. The minimum atomic E-state index is 0.140. The number of carbonyl (C=O) groups excluding carboxylic acids is 1. The number of morpholine rings is 1. The quantitative estimate of drug-likeness (QED) is 0.845. The highest BCUT2D eigenvalue weighted by atomic mass is 16.5. The molecule has 1 aliphatic rings. The van der Waals surface area contributed by atoms with Gasteiger partial charge in [-0.3, -0.25) is 4.79 Å². The van der Waals surface area contributed by atoms with E-state index < -0.39 is 0 Å². The van der Waals surface area contributed by atoms with Crippen molar-refractivity contribution in [1.82, 2.24) is 4.90 Å². The summed E-state index contributed by atoms with van der Waals surface area (Å²) < 4.78 is 5.30. The number of ether oxygens (including phenoxy) is 1. The van der Waals surface area contributed by atoms with E-state index in [1.54, 1.807) is 0 Å². The number of hydrogen-bond donors (Lipinski definition) is 0. The van der Waals surface area contributed by atoms with Crippen molar-refractivity contribution < 1.29 is 9.53 Å². The number of hydrogen-bond acceptors (Lipinski definition) is 2. The van der Waals surface area contributed by atoms with E-state index in [0.717, 1.165) is 18.4 Å². The summed E-state index contributed by atoms with van der Waals surface area (Å²) in [5.74, 6) is 0.745. The lowest BCUT2D eigenvalue weighted by molar-refractivity contribution is 0.0303. The molecule has 0 saturated carbocycles. The number of carbonyl (C=O) groups is 1. The lowest BCUT2D eigenvalue weighted by atomic mass is 9.94. The largest absolute Gasteiger partial charge is 0.378 e. The van der Waals surface area contributed by atoms with E-state index in [0.29, 0.717) is 32.2 Å². The third-order valence-electron chi connectivity index (χ3n) is 3.76. The maximum absolute atomic E-state index is 12.5. The van der Waals surface area contributed by atoms with Crippen LogP contribution in [0.25, 0.3) is 0 Å². The highest BCUT2D eigenvalue weighted by molar-refractivity contribution is 5.94. The molecule has 1 saturated heterocycles. The molecule has 1 aromatic rings. The Morgan fingerprint density at radius 2 is 1.95 bits per heavy atom. The molecule has 0 unspecified atom stereocenters. The predicted molar refractivity (Wildman–Crippen MR) is 81.1 cm³/mol. The zero-order valence-electron chi connectivity index (χ0n) is 12.8. The summed E-state index contributed by atoms with van der Waals surface area (Å²) in [5.41, 5.74) is 3.50. The van der Waals surface area contributed by atoms with Crippen LogP contribution < -0.4 is 0 Å². The van der Waals surface area contributed by atoms with Gasteiger partial charge in [-0.2, -0.15) is 0 Å². The van der Waals surface area contributed by atoms with Gasteiger partial charge in [-0.15, -0.1) is 0 Å². The summed E-state index contributed by atoms with van der Waals surface area (Å²) in [6, 6.07) is 6.18. The molecule has 0 bridgehead atoms. The van der Waals surface area contributed by atoms with Crippen molar-refractivity contribution in [3.63, 3.8) is 0 Å². The monoisotopic (exact) mass is 275 g/mol. The molecule has 0 aliphatic carbocycles. The second-order valence-electron chi connectivity index (χ2n) is 5.84. The Balaban J connectivity index is 2.20. The number of amides is 1. The van der Waals surface area contributed by atoms with Gasteiger partial charge in [0.2, 0.25) is 0 Å². The van der Waals surface area contributed by atoms with Crippen molar-refractivity contribution in [2.24, 2.45) is 5.92 Å². The van der Waals surface area contributed by atoms with Gasteiger partial charge in [-0.05, 0) is 42.0 Å². The highest BCUT2D eigenvalue weighted by Crippen LogP contribution is 2.18. The summed E-state index contributed by atoms with van der Waals surface area (Å²) in [5, 5.41) is 0. The molecular formula is C17H25NO2. The van der Waals surface area contributed by atoms with Gasteiger partial charge in [0.05, 0.1) is 13.2 Å². The molecule has 0 N–H and O–H groups in total. The van der Waals surface area contributed by atoms with E-state index in [1.807, 2.05) is 11.0 Å². The van der Waals surface area contributed by atoms with Crippen molar-refractivity contribution in [2.45, 2.75) is 33.6 Å². The number of benzene rings is 1. The molecule has 1 heterocycles. The van der Waals surface area contributed by atoms with Crippen molar-refractivity contribution in [1.29, 1.82) is 0 Å². The van der Waals surface area contributed by atoms with Crippen LogP contribution in [0.2, 0.25) is 0 Å². The molecular weight excluding hydrogens is 250 g/mol. The van der Waals surface area contributed by atoms with Crippen molar-refractivity contribution in [2.75, 3.05) is 26.3 Å². The first-order valence-electron chi connectivity index (χ1n) is 7.60. The molecule has 1 fully saturated rings. The third kappa shape index (κ3) is 3.60. The van der Waals surface area contributed by atoms with Gasteiger partial charge in [0, 0.05) is 18.7 Å². The molecule has 1 aliphatic heterocycles. The Labute approximate surface area is 121 Å². The standard InChI is InChI=1S/C17H25NO2/c1-4-14-5-6-15(12-16(14)11-13(2)3)17(19)18-7-9-20-10-8-18/h5-6,12-13H,4,7-11H2,1-3H3. The van der Waals surface area contributed by atoms with E-state index in [4.69, 9.17) is 4.74 Å². The van der Waals surface area contributed by atoms with Crippen LogP contribution in [0, 0.1) is 5.92 Å². The molecule has 2 rings (SSSR count). The molecule has 0 atom stereocenters. The predicted octanol–water partition coefficient (Wildman–Crippen LogP) is 2.92. The molecule has 20 heavy (non-hydrogen) atoms. The zero-order chi connectivity index (χ0) is 14.5. The molecule has 3 nitrogen and oxygen atoms in total. The van der Waals surface area contributed by atoms with E-state index >= 15 is 0 Å². The van der Waals surface area contributed by atoms with Gasteiger partial charge in [-0.25, -0.2) is 0 Å². The molecule has 1 aromatic carbocycles. The van der Waals surface area contributed by atoms with Gasteiger partial charge in [0.1, 0.15) is 0 Å². The maximum atomic E-state index is 12.5. The van der Waals surface area contributed by atoms with Crippen molar-refractivity contribution in [3.8, 4) is 0 Å². The topological polar surface area (TPSA) is 29.5 Å². The summed E-state index contributed by atoms with van der Waals surface area (Å²) in [6.45, 7) is 9.31. The normalized spacial score (nSPS) is 15.7. The van der Waals surface area contributed by atoms with Gasteiger partial charge in [-0.1, -0.05) is 26.8 Å². The number of aryl methyl sites for hydroxylation is 1. The Hall–Kier alpha value is -1.35. The minimum absolute atomic E-state index is 0.140. The van der Waals surface area contributed by atoms with Crippen molar-refractivity contribution in [3.05, 3.63) is 34.9 Å². The average molecular weight is 275 g/mol. The smallest absolute Gasteiger partial charge is 0.254 e. The second-order valence-corrected chi connectivity index (χ2v) is 5.84. The van der Waals surface area contributed by atoms with Gasteiger partial charge in [0.15, 0.2) is 0 Å².